The van der Waals surface area contributed by atoms with Crippen molar-refractivity contribution in [1.82, 2.24) is 5.32 Å². The largest absolute Gasteiger partial charge is 0.480 e. The molecule has 4 N–H and O–H groups in total. The van der Waals surface area contributed by atoms with Crippen LogP contribution in [-0.4, -0.2) is 46.9 Å². The van der Waals surface area contributed by atoms with Crippen LogP contribution in [-0.2, 0) is 9.53 Å². The number of nitrogens with two attached hydrogens (primary N) is 1. The highest BCUT2D eigenvalue weighted by Crippen LogP contribution is 2.14. The van der Waals surface area contributed by atoms with Gasteiger partial charge in [0.15, 0.2) is 0 Å². The summed E-state index contributed by atoms with van der Waals surface area (Å²) in [6.07, 6.45) is 8.24. The van der Waals surface area contributed by atoms with E-state index in [9.17, 15) is 9.59 Å². The normalized spacial score (nSPS) is 16.7. The van der Waals surface area contributed by atoms with Crippen LogP contribution >= 0.6 is 11.8 Å². The third-order valence-corrected chi connectivity index (χ3v) is 3.89. The minimum Gasteiger partial charge on any atom is -0.480 e. The van der Waals surface area contributed by atoms with E-state index in [1.54, 1.807) is 20.8 Å². The number of carbonyl (C=O) groups excluding carboxylic acids is 1. The monoisotopic (exact) mass is 348 g/mol. The lowest BCUT2D eigenvalue weighted by atomic mass is 9.97. The van der Waals surface area contributed by atoms with E-state index in [4.69, 9.17) is 15.6 Å². The van der Waals surface area contributed by atoms with Crippen molar-refractivity contribution in [3.63, 3.8) is 0 Å². The third-order valence-electron chi connectivity index (χ3n) is 3.25. The SMILES string of the molecule is CSCC[C@H](NC(=O)OC(C)(C)C)C(=O)O.NC1CCCCC1. The molecule has 0 spiro atoms. The van der Waals surface area contributed by atoms with Gasteiger partial charge in [0.2, 0.25) is 0 Å². The standard InChI is InChI=1S/C10H19NO4S.C6H13N/c1-10(2,3)15-9(14)11-7(8(12)13)5-6-16-4;7-6-4-2-1-3-5-6/h7H,5-6H2,1-4H3,(H,11,14)(H,12,13);6H,1-5,7H2/t7-;/m0./s1. The van der Waals surface area contributed by atoms with E-state index in [1.807, 2.05) is 6.26 Å². The third kappa shape index (κ3) is 13.2. The van der Waals surface area contributed by atoms with Crippen LogP contribution in [0.1, 0.15) is 59.3 Å². The zero-order valence-electron chi connectivity index (χ0n) is 14.8. The topological polar surface area (TPSA) is 102 Å². The summed E-state index contributed by atoms with van der Waals surface area (Å²) in [5.74, 6) is -0.368. The fourth-order valence-corrected chi connectivity index (χ4v) is 2.55. The molecule has 6 nitrogen and oxygen atoms in total. The Kier molecular flexibility index (Phi) is 11.1. The number of nitrogens with one attached hydrogen (secondary N) is 1. The van der Waals surface area contributed by atoms with Crippen LogP contribution in [0.4, 0.5) is 4.79 Å². The predicted molar refractivity (Wildman–Crippen MR) is 94.9 cm³/mol. The molecule has 136 valence electrons. The Morgan fingerprint density at radius 1 is 1.30 bits per heavy atom. The maximum absolute atomic E-state index is 11.3. The molecule has 23 heavy (non-hydrogen) atoms. The predicted octanol–water partition coefficient (Wildman–Crippen LogP) is 3.00. The maximum Gasteiger partial charge on any atom is 0.408 e. The van der Waals surface area contributed by atoms with E-state index in [2.05, 4.69) is 5.32 Å². The van der Waals surface area contributed by atoms with Gasteiger partial charge in [0.1, 0.15) is 11.6 Å². The van der Waals surface area contributed by atoms with Crippen molar-refractivity contribution in [1.29, 1.82) is 0 Å². The van der Waals surface area contributed by atoms with Gasteiger partial charge in [-0.05, 0) is 52.0 Å². The summed E-state index contributed by atoms with van der Waals surface area (Å²) in [5.41, 5.74) is 5.02. The van der Waals surface area contributed by atoms with Crippen LogP contribution < -0.4 is 11.1 Å². The molecule has 0 unspecified atom stereocenters. The van der Waals surface area contributed by atoms with Crippen LogP contribution in [0.5, 0.6) is 0 Å². The Balaban J connectivity index is 0.000000568. The van der Waals surface area contributed by atoms with Crippen molar-refractivity contribution < 1.29 is 19.4 Å². The maximum atomic E-state index is 11.3. The lowest BCUT2D eigenvalue weighted by Gasteiger charge is -2.21. The van der Waals surface area contributed by atoms with Crippen molar-refractivity contribution in [3.05, 3.63) is 0 Å². The number of carboxylic acid groups (broad SMARTS) is 1. The van der Waals surface area contributed by atoms with Gasteiger partial charge in [0.25, 0.3) is 0 Å². The smallest absolute Gasteiger partial charge is 0.408 e. The Hall–Kier alpha value is -0.950. The van der Waals surface area contributed by atoms with Crippen molar-refractivity contribution in [2.45, 2.75) is 77.0 Å². The molecule has 0 aromatic carbocycles. The summed E-state index contributed by atoms with van der Waals surface area (Å²) in [7, 11) is 0. The number of ether oxygens (including phenoxy) is 1. The molecule has 7 heteroatoms. The number of hydrogen-bond donors (Lipinski definition) is 3. The molecule has 1 saturated carbocycles. The van der Waals surface area contributed by atoms with Gasteiger partial charge < -0.3 is 20.9 Å². The van der Waals surface area contributed by atoms with Crippen molar-refractivity contribution in [2.24, 2.45) is 5.73 Å². The second-order valence-corrected chi connectivity index (χ2v) is 7.70. The van der Waals surface area contributed by atoms with Gasteiger partial charge in [-0.2, -0.15) is 11.8 Å². The zero-order valence-corrected chi connectivity index (χ0v) is 15.6. The molecule has 1 atom stereocenters. The molecule has 0 saturated heterocycles. The van der Waals surface area contributed by atoms with Gasteiger partial charge in [-0.1, -0.05) is 19.3 Å². The molecular formula is C16H32N2O4S. The molecule has 1 amide bonds. The Bertz CT molecular complexity index is 352. The molecule has 0 aromatic heterocycles. The molecule has 0 heterocycles. The van der Waals surface area contributed by atoms with E-state index in [0.29, 0.717) is 18.2 Å². The summed E-state index contributed by atoms with van der Waals surface area (Å²) in [6, 6.07) is -0.351. The number of carboxylic acids is 1. The van der Waals surface area contributed by atoms with Crippen molar-refractivity contribution in [2.75, 3.05) is 12.0 Å². The number of alkyl carbamates (subject to hydrolysis) is 1. The molecule has 0 radical (unpaired) electrons. The second kappa shape index (κ2) is 11.6. The number of rotatable bonds is 5. The highest BCUT2D eigenvalue weighted by atomic mass is 32.2. The number of thioether (sulfide) groups is 1. The minimum absolute atomic E-state index is 0.385. The van der Waals surface area contributed by atoms with Crippen LogP contribution in [0, 0.1) is 0 Å². The van der Waals surface area contributed by atoms with Crippen LogP contribution in [0.15, 0.2) is 0 Å². The molecular weight excluding hydrogens is 316 g/mol. The fraction of sp³-hybridized carbons (Fsp3) is 0.875. The highest BCUT2D eigenvalue weighted by Gasteiger charge is 2.23. The van der Waals surface area contributed by atoms with Crippen LogP contribution in [0.2, 0.25) is 0 Å². The van der Waals surface area contributed by atoms with Gasteiger partial charge in [0, 0.05) is 6.04 Å². The second-order valence-electron chi connectivity index (χ2n) is 6.72. The van der Waals surface area contributed by atoms with E-state index < -0.39 is 23.7 Å². The number of carbonyl (C=O) groups is 2. The first kappa shape index (κ1) is 22.1. The van der Waals surface area contributed by atoms with Crippen LogP contribution in [0.3, 0.4) is 0 Å². The number of amides is 1. The molecule has 1 aliphatic rings. The first-order valence-electron chi connectivity index (χ1n) is 8.12. The van der Waals surface area contributed by atoms with Gasteiger partial charge >= 0.3 is 12.1 Å². The minimum atomic E-state index is -1.04. The fourth-order valence-electron chi connectivity index (χ4n) is 2.08. The lowest BCUT2D eigenvalue weighted by molar-refractivity contribution is -0.139. The first-order valence-corrected chi connectivity index (χ1v) is 9.52. The zero-order chi connectivity index (χ0) is 17.9. The van der Waals surface area contributed by atoms with Gasteiger partial charge in [-0.3, -0.25) is 0 Å². The molecule has 1 aliphatic carbocycles. The Labute approximate surface area is 143 Å². The molecule has 0 bridgehead atoms. The van der Waals surface area contributed by atoms with Crippen LogP contribution in [0.25, 0.3) is 0 Å². The average molecular weight is 349 g/mol. The van der Waals surface area contributed by atoms with Crippen molar-refractivity contribution >= 4 is 23.8 Å². The van der Waals surface area contributed by atoms with Gasteiger partial charge in [0.05, 0.1) is 0 Å². The summed E-state index contributed by atoms with van der Waals surface area (Å²) in [5, 5.41) is 11.2. The molecule has 1 fully saturated rings. The summed E-state index contributed by atoms with van der Waals surface area (Å²) in [6.45, 7) is 5.18. The van der Waals surface area contributed by atoms with E-state index >= 15 is 0 Å². The number of aliphatic carboxylic acids is 1. The molecule has 1 rings (SSSR count). The van der Waals surface area contributed by atoms with Crippen molar-refractivity contribution in [3.8, 4) is 0 Å². The molecule has 0 aromatic rings. The first-order chi connectivity index (χ1) is 10.7. The Morgan fingerprint density at radius 3 is 2.22 bits per heavy atom. The van der Waals surface area contributed by atoms with Gasteiger partial charge in [-0.25, -0.2) is 9.59 Å². The van der Waals surface area contributed by atoms with E-state index in [0.717, 1.165) is 0 Å². The Morgan fingerprint density at radius 2 is 1.87 bits per heavy atom. The summed E-state index contributed by atoms with van der Waals surface area (Å²) < 4.78 is 4.98. The summed E-state index contributed by atoms with van der Waals surface area (Å²) in [4.78, 5) is 22.2. The average Bonchev–Trinajstić information content (AvgIpc) is 2.42. The number of hydrogen-bond acceptors (Lipinski definition) is 5. The molecule has 0 aliphatic heterocycles. The lowest BCUT2D eigenvalue weighted by Crippen LogP contribution is -2.43. The highest BCUT2D eigenvalue weighted by molar-refractivity contribution is 7.98. The summed E-state index contributed by atoms with van der Waals surface area (Å²) >= 11 is 1.53. The van der Waals surface area contributed by atoms with E-state index in [1.165, 1.54) is 43.9 Å². The van der Waals surface area contributed by atoms with E-state index in [-0.39, 0.29) is 0 Å². The quantitative estimate of drug-likeness (QED) is 0.706. The van der Waals surface area contributed by atoms with Gasteiger partial charge in [-0.15, -0.1) is 0 Å².